The highest BCUT2D eigenvalue weighted by Crippen LogP contribution is 2.18. The molecule has 0 aliphatic carbocycles. The molecule has 22 heavy (non-hydrogen) atoms. The van der Waals surface area contributed by atoms with E-state index in [0.717, 1.165) is 0 Å². The van der Waals surface area contributed by atoms with Crippen LogP contribution in [0.1, 0.15) is 17.2 Å². The van der Waals surface area contributed by atoms with E-state index in [1.54, 1.807) is 42.2 Å². The van der Waals surface area contributed by atoms with Crippen molar-refractivity contribution < 1.29 is 8.42 Å². The number of aromatic nitrogens is 5. The van der Waals surface area contributed by atoms with Crippen molar-refractivity contribution in [2.45, 2.75) is 25.3 Å². The molecule has 0 aromatic carbocycles. The number of nitrogens with zero attached hydrogens (tertiary/aromatic N) is 5. The average Bonchev–Trinajstić information content (AvgIpc) is 2.98. The second-order valence-corrected chi connectivity index (χ2v) is 6.70. The van der Waals surface area contributed by atoms with Crippen LogP contribution in [0.4, 0.5) is 0 Å². The summed E-state index contributed by atoms with van der Waals surface area (Å²) < 4.78 is 30.8. The number of pyridine rings is 1. The average molecular weight is 320 g/mol. The highest BCUT2D eigenvalue weighted by molar-refractivity contribution is 7.89. The monoisotopic (exact) mass is 320 g/mol. The summed E-state index contributed by atoms with van der Waals surface area (Å²) in [6, 6.07) is 5.49. The van der Waals surface area contributed by atoms with E-state index in [2.05, 4.69) is 20.0 Å². The first-order valence-electron chi connectivity index (χ1n) is 6.68. The minimum Gasteiger partial charge on any atom is -0.285 e. The molecule has 3 aromatic rings. The summed E-state index contributed by atoms with van der Waals surface area (Å²) in [6.07, 6.45) is 1.79. The van der Waals surface area contributed by atoms with Crippen LogP contribution in [-0.4, -0.2) is 32.8 Å². The Hall–Kier alpha value is -2.26. The Balaban J connectivity index is 1.89. The maximum absolute atomic E-state index is 12.5. The number of rotatable bonds is 4. The molecule has 0 fully saturated rings. The zero-order valence-corrected chi connectivity index (χ0v) is 13.3. The van der Waals surface area contributed by atoms with E-state index in [4.69, 9.17) is 0 Å². The predicted molar refractivity (Wildman–Crippen MR) is 79.7 cm³/mol. The van der Waals surface area contributed by atoms with Gasteiger partial charge in [0.2, 0.25) is 10.0 Å². The van der Waals surface area contributed by atoms with Crippen molar-refractivity contribution in [3.8, 4) is 0 Å². The smallest absolute Gasteiger partial charge is 0.244 e. The molecule has 3 rings (SSSR count). The molecule has 0 atom stereocenters. The van der Waals surface area contributed by atoms with Gasteiger partial charge in [0.25, 0.3) is 0 Å². The van der Waals surface area contributed by atoms with E-state index in [9.17, 15) is 8.42 Å². The summed E-state index contributed by atoms with van der Waals surface area (Å²) in [5.41, 5.74) is 1.74. The van der Waals surface area contributed by atoms with E-state index in [1.807, 2.05) is 12.1 Å². The van der Waals surface area contributed by atoms with Gasteiger partial charge < -0.3 is 0 Å². The quantitative estimate of drug-likeness (QED) is 0.758. The molecule has 3 heterocycles. The fraction of sp³-hybridized carbons (Fsp3) is 0.308. The van der Waals surface area contributed by atoms with Crippen LogP contribution in [-0.2, 0) is 23.6 Å². The highest BCUT2D eigenvalue weighted by atomic mass is 32.2. The normalized spacial score (nSPS) is 12.1. The van der Waals surface area contributed by atoms with E-state index in [0.29, 0.717) is 22.9 Å². The van der Waals surface area contributed by atoms with Crippen LogP contribution >= 0.6 is 0 Å². The molecule has 0 spiro atoms. The van der Waals surface area contributed by atoms with E-state index in [1.165, 1.54) is 0 Å². The third kappa shape index (κ3) is 2.38. The van der Waals surface area contributed by atoms with E-state index in [-0.39, 0.29) is 11.4 Å². The Labute approximate surface area is 127 Å². The zero-order valence-electron chi connectivity index (χ0n) is 12.5. The third-order valence-corrected chi connectivity index (χ3v) is 5.17. The van der Waals surface area contributed by atoms with Gasteiger partial charge in [0.05, 0.1) is 17.9 Å². The summed E-state index contributed by atoms with van der Waals surface area (Å²) in [7, 11) is -1.94. The Morgan fingerprint density at radius 1 is 1.23 bits per heavy atom. The standard InChI is InChI=1S/C13H16N6O2S/c1-9-13(10(2)18(3)17-9)22(20,21)14-8-12-16-15-11-6-4-5-7-19(11)12/h4-7,14H,8H2,1-3H3. The van der Waals surface area contributed by atoms with Gasteiger partial charge in [-0.25, -0.2) is 13.1 Å². The lowest BCUT2D eigenvalue weighted by Crippen LogP contribution is -2.25. The fourth-order valence-electron chi connectivity index (χ4n) is 2.39. The first kappa shape index (κ1) is 14.7. The van der Waals surface area contributed by atoms with Crippen LogP contribution in [0.15, 0.2) is 29.3 Å². The lowest BCUT2D eigenvalue weighted by Gasteiger charge is -2.06. The van der Waals surface area contributed by atoms with Crippen molar-refractivity contribution in [1.29, 1.82) is 0 Å². The van der Waals surface area contributed by atoms with Crippen LogP contribution < -0.4 is 4.72 Å². The summed E-state index contributed by atoms with van der Waals surface area (Å²) in [4.78, 5) is 0.212. The number of nitrogens with one attached hydrogen (secondary N) is 1. The number of sulfonamides is 1. The van der Waals surface area contributed by atoms with Crippen molar-refractivity contribution in [2.75, 3.05) is 0 Å². The van der Waals surface area contributed by atoms with Gasteiger partial charge in [-0.3, -0.25) is 9.08 Å². The van der Waals surface area contributed by atoms with Crippen LogP contribution in [0.25, 0.3) is 5.65 Å². The highest BCUT2D eigenvalue weighted by Gasteiger charge is 2.24. The molecule has 0 saturated carbocycles. The molecule has 116 valence electrons. The third-order valence-electron chi connectivity index (χ3n) is 3.52. The van der Waals surface area contributed by atoms with Crippen LogP contribution in [0.3, 0.4) is 0 Å². The van der Waals surface area contributed by atoms with Crippen LogP contribution in [0, 0.1) is 13.8 Å². The number of hydrogen-bond acceptors (Lipinski definition) is 5. The molecule has 0 aliphatic heterocycles. The molecular weight excluding hydrogens is 304 g/mol. The van der Waals surface area contributed by atoms with Crippen molar-refractivity contribution in [3.63, 3.8) is 0 Å². The predicted octanol–water partition coefficient (Wildman–Crippen LogP) is 0.558. The van der Waals surface area contributed by atoms with Gasteiger partial charge in [-0.15, -0.1) is 10.2 Å². The molecule has 0 radical (unpaired) electrons. The molecule has 1 N–H and O–H groups in total. The van der Waals surface area contributed by atoms with Crippen molar-refractivity contribution in [2.24, 2.45) is 7.05 Å². The molecule has 9 heteroatoms. The summed E-state index contributed by atoms with van der Waals surface area (Å²) in [6.45, 7) is 3.45. The number of hydrogen-bond donors (Lipinski definition) is 1. The molecule has 0 amide bonds. The van der Waals surface area contributed by atoms with Crippen molar-refractivity contribution >= 4 is 15.7 Å². The topological polar surface area (TPSA) is 94.2 Å². The maximum atomic E-state index is 12.5. The summed E-state index contributed by atoms with van der Waals surface area (Å²) in [5, 5.41) is 12.1. The van der Waals surface area contributed by atoms with Crippen molar-refractivity contribution in [3.05, 3.63) is 41.6 Å². The van der Waals surface area contributed by atoms with Crippen LogP contribution in [0.5, 0.6) is 0 Å². The van der Waals surface area contributed by atoms with Gasteiger partial charge in [0.1, 0.15) is 4.90 Å². The first-order valence-corrected chi connectivity index (χ1v) is 8.17. The number of fused-ring (bicyclic) bond motifs is 1. The summed E-state index contributed by atoms with van der Waals surface area (Å²) in [5.74, 6) is 0.526. The Morgan fingerprint density at radius 3 is 2.68 bits per heavy atom. The molecular formula is C13H16N6O2S. The second-order valence-electron chi connectivity index (χ2n) is 4.99. The summed E-state index contributed by atoms with van der Waals surface area (Å²) >= 11 is 0. The first-order chi connectivity index (χ1) is 10.4. The molecule has 0 saturated heterocycles. The molecule has 0 unspecified atom stereocenters. The van der Waals surface area contributed by atoms with Gasteiger partial charge in [0.15, 0.2) is 11.5 Å². The van der Waals surface area contributed by atoms with Crippen molar-refractivity contribution in [1.82, 2.24) is 29.1 Å². The van der Waals surface area contributed by atoms with Gasteiger partial charge in [0, 0.05) is 13.2 Å². The Bertz CT molecular complexity index is 941. The van der Waals surface area contributed by atoms with Gasteiger partial charge in [-0.1, -0.05) is 6.07 Å². The van der Waals surface area contributed by atoms with Crippen LogP contribution in [0.2, 0.25) is 0 Å². The maximum Gasteiger partial charge on any atom is 0.244 e. The fourth-order valence-corrected chi connectivity index (χ4v) is 3.80. The molecule has 0 aliphatic rings. The number of aryl methyl sites for hydroxylation is 2. The lowest BCUT2D eigenvalue weighted by molar-refractivity contribution is 0.577. The largest absolute Gasteiger partial charge is 0.285 e. The molecule has 8 nitrogen and oxygen atoms in total. The molecule has 0 bridgehead atoms. The molecule has 3 aromatic heterocycles. The Kier molecular flexibility index (Phi) is 3.45. The van der Waals surface area contributed by atoms with E-state index >= 15 is 0 Å². The van der Waals surface area contributed by atoms with Gasteiger partial charge >= 0.3 is 0 Å². The van der Waals surface area contributed by atoms with Gasteiger partial charge in [-0.2, -0.15) is 5.10 Å². The van der Waals surface area contributed by atoms with E-state index < -0.39 is 10.0 Å². The lowest BCUT2D eigenvalue weighted by atomic mass is 10.4. The van der Waals surface area contributed by atoms with Gasteiger partial charge in [-0.05, 0) is 26.0 Å². The second kappa shape index (κ2) is 5.18. The minimum atomic E-state index is -3.66. The zero-order chi connectivity index (χ0) is 15.9. The minimum absolute atomic E-state index is 0.0568. The Morgan fingerprint density at radius 2 is 2.00 bits per heavy atom. The SMILES string of the molecule is Cc1nn(C)c(C)c1S(=O)(=O)NCc1nnc2ccccn12.